The number of hydrogen-bond acceptors (Lipinski definition) is 4. The van der Waals surface area contributed by atoms with Crippen LogP contribution < -0.4 is 10.1 Å². The minimum Gasteiger partial charge on any atom is -0.493 e. The minimum atomic E-state index is -0.453. The second kappa shape index (κ2) is 12.9. The van der Waals surface area contributed by atoms with Gasteiger partial charge in [0, 0.05) is 19.5 Å². The lowest BCUT2D eigenvalue weighted by molar-refractivity contribution is -0.133. The number of ether oxygens (including phenoxy) is 1. The molecule has 0 atom stereocenters. The maximum absolute atomic E-state index is 10.9. The van der Waals surface area contributed by atoms with Crippen LogP contribution in [0.15, 0.2) is 78.9 Å². The number of nitrogens with one attached hydrogen (secondary N) is 1. The van der Waals surface area contributed by atoms with E-state index in [0.717, 1.165) is 17.7 Å². The van der Waals surface area contributed by atoms with E-state index in [0.29, 0.717) is 24.7 Å². The van der Waals surface area contributed by atoms with E-state index in [2.05, 4.69) is 46.0 Å². The molecule has 0 aliphatic carbocycles. The molecule has 0 saturated heterocycles. The third-order valence-corrected chi connectivity index (χ3v) is 5.34. The average molecular weight is 470 g/mol. The fourth-order valence-corrected chi connectivity index (χ4v) is 3.43. The van der Waals surface area contributed by atoms with Crippen LogP contribution in [0, 0.1) is 0 Å². The highest BCUT2D eigenvalue weighted by Gasteiger charge is 2.03. The molecule has 0 bridgehead atoms. The van der Waals surface area contributed by atoms with Gasteiger partial charge in [-0.25, -0.2) is 0 Å². The molecule has 0 aliphatic rings. The number of hydrogen-bond donors (Lipinski definition) is 1. The van der Waals surface area contributed by atoms with E-state index in [1.807, 2.05) is 48.6 Å². The number of carbonyl (C=O) groups excluding carboxylic acids is 1. The van der Waals surface area contributed by atoms with Crippen molar-refractivity contribution in [2.45, 2.75) is 12.8 Å². The highest BCUT2D eigenvalue weighted by molar-refractivity contribution is 6.32. The summed E-state index contributed by atoms with van der Waals surface area (Å²) in [5.74, 6) is 0.289. The van der Waals surface area contributed by atoms with Crippen LogP contribution >= 0.6 is 23.5 Å². The van der Waals surface area contributed by atoms with E-state index >= 15 is 0 Å². The fraction of sp³-hybridized carbons (Fsp3) is 0.192. The second-order valence-corrected chi connectivity index (χ2v) is 7.71. The molecule has 0 heterocycles. The zero-order valence-electron chi connectivity index (χ0n) is 17.6. The van der Waals surface area contributed by atoms with E-state index in [9.17, 15) is 4.79 Å². The molecule has 1 N–H and O–H groups in total. The lowest BCUT2D eigenvalue weighted by atomic mass is 10.0. The Balaban J connectivity index is 1.42. The molecule has 0 aromatic heterocycles. The zero-order valence-corrected chi connectivity index (χ0v) is 19.1. The molecule has 4 nitrogen and oxygen atoms in total. The van der Waals surface area contributed by atoms with Crippen LogP contribution in [-0.2, 0) is 15.5 Å². The van der Waals surface area contributed by atoms with E-state index < -0.39 is 5.97 Å². The summed E-state index contributed by atoms with van der Waals surface area (Å²) >= 11 is 11.3. The molecular weight excluding hydrogens is 445 g/mol. The van der Waals surface area contributed by atoms with Crippen molar-refractivity contribution in [3.8, 4) is 16.9 Å². The second-order valence-electron chi connectivity index (χ2n) is 7.15. The predicted molar refractivity (Wildman–Crippen MR) is 131 cm³/mol. The van der Waals surface area contributed by atoms with Gasteiger partial charge in [-0.1, -0.05) is 78.4 Å². The van der Waals surface area contributed by atoms with Crippen molar-refractivity contribution in [1.29, 1.82) is 0 Å². The van der Waals surface area contributed by atoms with Crippen molar-refractivity contribution in [2.24, 2.45) is 0 Å². The predicted octanol–water partition coefficient (Wildman–Crippen LogP) is 6.32. The van der Waals surface area contributed by atoms with Crippen LogP contribution in [0.1, 0.15) is 17.5 Å². The Kier molecular flexibility index (Phi) is 9.63. The smallest absolute Gasteiger partial charge is 0.326 e. The molecule has 3 rings (SSSR count). The molecule has 3 aromatic rings. The highest BCUT2D eigenvalue weighted by atomic mass is 35.5. The van der Waals surface area contributed by atoms with Gasteiger partial charge < -0.3 is 14.3 Å². The summed E-state index contributed by atoms with van der Waals surface area (Å²) in [5, 5.41) is 3.72. The first kappa shape index (κ1) is 23.9. The lowest BCUT2D eigenvalue weighted by Gasteiger charge is -2.09. The monoisotopic (exact) mass is 469 g/mol. The maximum Gasteiger partial charge on any atom is 0.326 e. The summed E-state index contributed by atoms with van der Waals surface area (Å²) in [6.45, 7) is 1.67. The molecular formula is C26H25Cl2NO3. The molecule has 6 heteroatoms. The number of rotatable bonds is 11. The SMILES string of the molecule is O=C(CCNC/C=C/c1ccc(OCCc2ccc(-c3ccccc3)cc2)cc1Cl)OCl. The maximum atomic E-state index is 10.9. The van der Waals surface area contributed by atoms with Gasteiger partial charge >= 0.3 is 5.97 Å². The molecule has 0 radical (unpaired) electrons. The highest BCUT2D eigenvalue weighted by Crippen LogP contribution is 2.24. The van der Waals surface area contributed by atoms with Gasteiger partial charge in [-0.3, -0.25) is 4.79 Å². The Bertz CT molecular complexity index is 1020. The van der Waals surface area contributed by atoms with Gasteiger partial charge in [0.05, 0.1) is 18.1 Å². The first-order valence-electron chi connectivity index (χ1n) is 10.4. The molecule has 32 heavy (non-hydrogen) atoms. The molecule has 0 saturated carbocycles. The van der Waals surface area contributed by atoms with Crippen LogP contribution in [0.4, 0.5) is 0 Å². The average Bonchev–Trinajstić information content (AvgIpc) is 2.83. The molecule has 3 aromatic carbocycles. The molecule has 0 spiro atoms. The van der Waals surface area contributed by atoms with E-state index in [1.54, 1.807) is 0 Å². The summed E-state index contributed by atoms with van der Waals surface area (Å²) in [4.78, 5) is 10.9. The van der Waals surface area contributed by atoms with Gasteiger partial charge in [0.15, 0.2) is 0 Å². The zero-order chi connectivity index (χ0) is 22.6. The van der Waals surface area contributed by atoms with E-state index in [4.69, 9.17) is 28.2 Å². The van der Waals surface area contributed by atoms with Crippen molar-refractivity contribution in [3.05, 3.63) is 95.0 Å². The van der Waals surface area contributed by atoms with Gasteiger partial charge in [-0.15, -0.1) is 0 Å². The van der Waals surface area contributed by atoms with E-state index in [-0.39, 0.29) is 6.42 Å². The van der Waals surface area contributed by atoms with Gasteiger partial charge in [0.1, 0.15) is 17.6 Å². The summed E-state index contributed by atoms with van der Waals surface area (Å²) in [7, 11) is 0. The Morgan fingerprint density at radius 1 is 0.969 bits per heavy atom. The van der Waals surface area contributed by atoms with Crippen LogP contribution in [0.25, 0.3) is 17.2 Å². The Morgan fingerprint density at radius 3 is 2.44 bits per heavy atom. The minimum absolute atomic E-state index is 0.224. The fourth-order valence-electron chi connectivity index (χ4n) is 3.11. The van der Waals surface area contributed by atoms with Crippen LogP contribution in [0.3, 0.4) is 0 Å². The lowest BCUT2D eigenvalue weighted by Crippen LogP contribution is -2.18. The topological polar surface area (TPSA) is 47.6 Å². The number of halogens is 2. The Morgan fingerprint density at radius 2 is 1.72 bits per heavy atom. The van der Waals surface area contributed by atoms with Crippen LogP contribution in [0.5, 0.6) is 5.75 Å². The summed E-state index contributed by atoms with van der Waals surface area (Å²) in [6.07, 6.45) is 4.90. The van der Waals surface area contributed by atoms with E-state index in [1.165, 1.54) is 16.7 Å². The summed E-state index contributed by atoms with van der Waals surface area (Å²) in [6, 6.07) is 24.5. The van der Waals surface area contributed by atoms with Gasteiger partial charge in [0.2, 0.25) is 0 Å². The number of benzene rings is 3. The molecule has 0 unspecified atom stereocenters. The Hall–Kier alpha value is -2.79. The quantitative estimate of drug-likeness (QED) is 0.333. The molecule has 0 amide bonds. The van der Waals surface area contributed by atoms with Crippen molar-refractivity contribution in [3.63, 3.8) is 0 Å². The first-order chi connectivity index (χ1) is 15.7. The van der Waals surface area contributed by atoms with Gasteiger partial charge in [-0.05, 0) is 40.5 Å². The standard InChI is InChI=1S/C26H25Cl2NO3/c27-25-19-24(13-12-23(25)7-4-16-29-17-14-26(30)32-28)31-18-15-20-8-10-22(11-9-20)21-5-2-1-3-6-21/h1-13,19,29H,14-18H2/b7-4+. The van der Waals surface area contributed by atoms with Crippen molar-refractivity contribution >= 4 is 35.5 Å². The summed E-state index contributed by atoms with van der Waals surface area (Å²) < 4.78 is 9.95. The molecule has 0 fully saturated rings. The first-order valence-corrected chi connectivity index (χ1v) is 11.1. The van der Waals surface area contributed by atoms with Crippen molar-refractivity contribution in [2.75, 3.05) is 19.7 Å². The van der Waals surface area contributed by atoms with Crippen LogP contribution in [0.2, 0.25) is 5.02 Å². The number of carbonyl (C=O) groups is 1. The van der Waals surface area contributed by atoms with Gasteiger partial charge in [-0.2, -0.15) is 0 Å². The van der Waals surface area contributed by atoms with Crippen molar-refractivity contribution in [1.82, 2.24) is 5.32 Å². The molecule has 166 valence electrons. The Labute approximate surface area is 198 Å². The third kappa shape index (κ3) is 7.72. The van der Waals surface area contributed by atoms with Gasteiger partial charge in [0.25, 0.3) is 0 Å². The summed E-state index contributed by atoms with van der Waals surface area (Å²) in [5.41, 5.74) is 4.55. The van der Waals surface area contributed by atoms with Crippen molar-refractivity contribution < 1.29 is 13.8 Å². The largest absolute Gasteiger partial charge is 0.493 e. The molecule has 0 aliphatic heterocycles. The van der Waals surface area contributed by atoms with Crippen LogP contribution in [-0.4, -0.2) is 25.7 Å². The third-order valence-electron chi connectivity index (χ3n) is 4.84. The normalized spacial score (nSPS) is 10.9.